The molecule has 1 spiro atoms. The van der Waals surface area contributed by atoms with E-state index < -0.39 is 5.54 Å². The molecule has 3 heterocycles. The van der Waals surface area contributed by atoms with E-state index in [-0.39, 0.29) is 5.91 Å². The minimum atomic E-state index is -0.664. The van der Waals surface area contributed by atoms with Crippen molar-refractivity contribution in [2.75, 3.05) is 13.1 Å². The van der Waals surface area contributed by atoms with Crippen LogP contribution in [0.1, 0.15) is 12.8 Å². The van der Waals surface area contributed by atoms with Gasteiger partial charge in [0.2, 0.25) is 0 Å². The quantitative estimate of drug-likeness (QED) is 0.737. The van der Waals surface area contributed by atoms with Crippen LogP contribution in [0.15, 0.2) is 40.4 Å². The van der Waals surface area contributed by atoms with Crippen LogP contribution in [0, 0.1) is 0 Å². The summed E-state index contributed by atoms with van der Waals surface area (Å²) in [6.45, 7) is 1.62. The van der Waals surface area contributed by atoms with Crippen LogP contribution in [-0.2, 0) is 4.79 Å². The summed E-state index contributed by atoms with van der Waals surface area (Å²) in [5.74, 6) is -0.122. The minimum Gasteiger partial charge on any atom is -0.317 e. The average molecular weight is 266 g/mol. The molecule has 0 aliphatic carbocycles. The van der Waals surface area contributed by atoms with Crippen LogP contribution in [-0.4, -0.2) is 29.5 Å². The van der Waals surface area contributed by atoms with Crippen LogP contribution < -0.4 is 16.0 Å². The summed E-state index contributed by atoms with van der Waals surface area (Å²) in [5, 5.41) is 5.66. The standard InChI is InChI=1S/C15H14N4O/c20-14-15(5-7-16-8-6-15)19-13-10-3-1-2-4-11(10)17-9-12(13)18-14/h1-4,9,16H,5-8H2. The van der Waals surface area contributed by atoms with Crippen molar-refractivity contribution >= 4 is 16.8 Å². The van der Waals surface area contributed by atoms with Crippen LogP contribution in [0.4, 0.5) is 0 Å². The van der Waals surface area contributed by atoms with E-state index in [0.29, 0.717) is 18.2 Å². The lowest BCUT2D eigenvalue weighted by Gasteiger charge is -2.32. The van der Waals surface area contributed by atoms with E-state index in [9.17, 15) is 4.79 Å². The van der Waals surface area contributed by atoms with E-state index in [2.05, 4.69) is 15.3 Å². The smallest absolute Gasteiger partial charge is 0.274 e. The molecular weight excluding hydrogens is 252 g/mol. The number of carbonyl (C=O) groups excluding carboxylic acids is 1. The Morgan fingerprint density at radius 1 is 1.15 bits per heavy atom. The molecule has 5 nitrogen and oxygen atoms in total. The van der Waals surface area contributed by atoms with Gasteiger partial charge in [-0.2, -0.15) is 0 Å². The number of hydrogen-bond donors (Lipinski definition) is 1. The number of nitrogens with zero attached hydrogens (tertiary/aromatic N) is 3. The molecule has 2 aliphatic rings. The zero-order valence-corrected chi connectivity index (χ0v) is 11.0. The van der Waals surface area contributed by atoms with Gasteiger partial charge in [-0.25, -0.2) is 4.99 Å². The number of aromatic nitrogens is 1. The Kier molecular flexibility index (Phi) is 2.44. The Morgan fingerprint density at radius 2 is 1.95 bits per heavy atom. The van der Waals surface area contributed by atoms with Gasteiger partial charge in [0.05, 0.1) is 17.1 Å². The van der Waals surface area contributed by atoms with Gasteiger partial charge in [-0.05, 0) is 32.0 Å². The first-order valence-electron chi connectivity index (χ1n) is 6.86. The van der Waals surface area contributed by atoms with E-state index in [0.717, 1.165) is 29.3 Å². The third-order valence-corrected chi connectivity index (χ3v) is 4.10. The monoisotopic (exact) mass is 266 g/mol. The lowest BCUT2D eigenvalue weighted by molar-refractivity contribution is -0.124. The van der Waals surface area contributed by atoms with Gasteiger partial charge in [-0.1, -0.05) is 18.2 Å². The van der Waals surface area contributed by atoms with Crippen LogP contribution in [0.5, 0.6) is 0 Å². The molecule has 0 saturated carbocycles. The Hall–Kier alpha value is -2.14. The first-order valence-corrected chi connectivity index (χ1v) is 6.86. The molecule has 2 aromatic rings. The van der Waals surface area contributed by atoms with E-state index in [1.165, 1.54) is 0 Å². The molecule has 1 saturated heterocycles. The third-order valence-electron chi connectivity index (χ3n) is 4.10. The normalized spacial score (nSPS) is 20.3. The van der Waals surface area contributed by atoms with Gasteiger partial charge in [-0.3, -0.25) is 14.8 Å². The van der Waals surface area contributed by atoms with Crippen LogP contribution in [0.2, 0.25) is 0 Å². The van der Waals surface area contributed by atoms with Crippen LogP contribution >= 0.6 is 0 Å². The number of piperidine rings is 1. The predicted molar refractivity (Wildman–Crippen MR) is 73.9 cm³/mol. The molecule has 1 N–H and O–H groups in total. The second-order valence-corrected chi connectivity index (χ2v) is 5.32. The number of pyridine rings is 1. The molecule has 1 aromatic carbocycles. The molecule has 2 aliphatic heterocycles. The number of fused-ring (bicyclic) bond motifs is 3. The highest BCUT2D eigenvalue weighted by molar-refractivity contribution is 5.89. The van der Waals surface area contributed by atoms with E-state index in [4.69, 9.17) is 4.99 Å². The molecule has 20 heavy (non-hydrogen) atoms. The van der Waals surface area contributed by atoms with Crippen molar-refractivity contribution in [1.29, 1.82) is 0 Å². The molecule has 4 rings (SSSR count). The van der Waals surface area contributed by atoms with E-state index in [1.54, 1.807) is 6.20 Å². The summed E-state index contributed by atoms with van der Waals surface area (Å²) < 4.78 is 0. The zero-order chi connectivity index (χ0) is 13.6. The molecule has 0 atom stereocenters. The van der Waals surface area contributed by atoms with E-state index >= 15 is 0 Å². The van der Waals surface area contributed by atoms with Crippen molar-refractivity contribution in [3.63, 3.8) is 0 Å². The highest BCUT2D eigenvalue weighted by atomic mass is 16.2. The zero-order valence-electron chi connectivity index (χ0n) is 11.0. The number of rotatable bonds is 0. The molecular formula is C15H14N4O. The highest BCUT2D eigenvalue weighted by Gasteiger charge is 2.40. The fourth-order valence-corrected chi connectivity index (χ4v) is 2.96. The maximum Gasteiger partial charge on any atom is 0.274 e. The van der Waals surface area contributed by atoms with Crippen molar-refractivity contribution in [2.24, 2.45) is 9.98 Å². The Morgan fingerprint density at radius 3 is 2.80 bits per heavy atom. The van der Waals surface area contributed by atoms with Gasteiger partial charge in [0.1, 0.15) is 10.9 Å². The summed E-state index contributed by atoms with van der Waals surface area (Å²) >= 11 is 0. The first kappa shape index (κ1) is 11.7. The number of para-hydroxylation sites is 1. The molecule has 0 bridgehead atoms. The fraction of sp³-hybridized carbons (Fsp3) is 0.333. The number of nitrogens with one attached hydrogen (secondary N) is 1. The second-order valence-electron chi connectivity index (χ2n) is 5.32. The molecule has 0 radical (unpaired) electrons. The number of hydrogen-bond acceptors (Lipinski definition) is 4. The van der Waals surface area contributed by atoms with Gasteiger partial charge < -0.3 is 5.32 Å². The highest BCUT2D eigenvalue weighted by Crippen LogP contribution is 2.25. The summed E-state index contributed by atoms with van der Waals surface area (Å²) in [4.78, 5) is 25.8. The summed E-state index contributed by atoms with van der Waals surface area (Å²) in [5.41, 5.74) is 0.228. The summed E-state index contributed by atoms with van der Waals surface area (Å²) in [6.07, 6.45) is 3.07. The molecule has 5 heteroatoms. The van der Waals surface area contributed by atoms with Crippen molar-refractivity contribution in [3.8, 4) is 0 Å². The Labute approximate surface area is 115 Å². The molecule has 1 fully saturated rings. The van der Waals surface area contributed by atoms with Crippen molar-refractivity contribution < 1.29 is 4.79 Å². The fourth-order valence-electron chi connectivity index (χ4n) is 2.96. The van der Waals surface area contributed by atoms with Gasteiger partial charge in [0.15, 0.2) is 0 Å². The number of amides is 1. The third kappa shape index (κ3) is 1.59. The van der Waals surface area contributed by atoms with Gasteiger partial charge in [0.25, 0.3) is 5.91 Å². The summed E-state index contributed by atoms with van der Waals surface area (Å²) in [6, 6.07) is 7.86. The number of carbonyl (C=O) groups is 1. The molecule has 1 amide bonds. The first-order chi connectivity index (χ1) is 9.78. The molecule has 0 unspecified atom stereocenters. The van der Waals surface area contributed by atoms with Gasteiger partial charge in [-0.15, -0.1) is 0 Å². The summed E-state index contributed by atoms with van der Waals surface area (Å²) in [7, 11) is 0. The van der Waals surface area contributed by atoms with E-state index in [1.807, 2.05) is 24.3 Å². The Balaban J connectivity index is 2.06. The topological polar surface area (TPSA) is 66.7 Å². The van der Waals surface area contributed by atoms with Crippen molar-refractivity contribution in [1.82, 2.24) is 10.3 Å². The Bertz CT molecular complexity index is 821. The van der Waals surface area contributed by atoms with Crippen molar-refractivity contribution in [2.45, 2.75) is 18.4 Å². The molecule has 100 valence electrons. The maximum atomic E-state index is 12.4. The lowest BCUT2D eigenvalue weighted by atomic mass is 9.87. The largest absolute Gasteiger partial charge is 0.317 e. The van der Waals surface area contributed by atoms with Crippen LogP contribution in [0.3, 0.4) is 0 Å². The van der Waals surface area contributed by atoms with Gasteiger partial charge in [0, 0.05) is 5.39 Å². The predicted octanol–water partition coefficient (Wildman–Crippen LogP) is 0.136. The van der Waals surface area contributed by atoms with Gasteiger partial charge >= 0.3 is 0 Å². The van der Waals surface area contributed by atoms with Crippen molar-refractivity contribution in [3.05, 3.63) is 41.2 Å². The number of benzene rings is 1. The molecule has 1 aromatic heterocycles. The average Bonchev–Trinajstić information content (AvgIpc) is 2.50. The SMILES string of the molecule is O=C1N=c2cnc3ccccc3c2=NC12CCNCC2. The minimum absolute atomic E-state index is 0.122. The lowest BCUT2D eigenvalue weighted by Crippen LogP contribution is -2.51. The second kappa shape index (κ2) is 4.18. The van der Waals surface area contributed by atoms with Crippen LogP contribution in [0.25, 0.3) is 10.9 Å². The maximum absolute atomic E-state index is 12.4.